The van der Waals surface area contributed by atoms with E-state index in [1.54, 1.807) is 4.57 Å². The molecule has 2 aromatic carbocycles. The van der Waals surface area contributed by atoms with Crippen molar-refractivity contribution in [3.63, 3.8) is 0 Å². The van der Waals surface area contributed by atoms with Crippen molar-refractivity contribution in [1.82, 2.24) is 14.5 Å². The summed E-state index contributed by atoms with van der Waals surface area (Å²) in [6.07, 6.45) is 1.52. The molecule has 2 amide bonds. The van der Waals surface area contributed by atoms with Crippen LogP contribution in [-0.4, -0.2) is 27.0 Å². The lowest BCUT2D eigenvalue weighted by molar-refractivity contribution is 0.175. The summed E-state index contributed by atoms with van der Waals surface area (Å²) in [6, 6.07) is 12.9. The molecule has 0 fully saturated rings. The normalized spacial score (nSPS) is 12.2. The van der Waals surface area contributed by atoms with Crippen LogP contribution in [0.2, 0.25) is 0 Å². The first kappa shape index (κ1) is 24.5. The SMILES string of the molecule is CCC(c1nc2ccccc2c(=O)n1CC)N(CCC(C)C)C(=O)Nc1c(C)cccc1C. The number of nitrogens with one attached hydrogen (secondary N) is 1. The largest absolute Gasteiger partial charge is 0.322 e. The maximum atomic E-state index is 13.7. The lowest BCUT2D eigenvalue weighted by Crippen LogP contribution is -2.42. The van der Waals surface area contributed by atoms with E-state index in [1.165, 1.54) is 0 Å². The molecule has 0 aliphatic heterocycles. The van der Waals surface area contributed by atoms with Crippen LogP contribution in [-0.2, 0) is 6.54 Å². The minimum Gasteiger partial charge on any atom is -0.314 e. The highest BCUT2D eigenvalue weighted by atomic mass is 16.2. The van der Waals surface area contributed by atoms with E-state index in [1.807, 2.05) is 75.1 Å². The molecule has 0 bridgehead atoms. The smallest absolute Gasteiger partial charge is 0.314 e. The first-order valence-electron chi connectivity index (χ1n) is 11.9. The van der Waals surface area contributed by atoms with Gasteiger partial charge in [0.15, 0.2) is 0 Å². The molecule has 6 heteroatoms. The Hall–Kier alpha value is -3.15. The van der Waals surface area contributed by atoms with E-state index in [0.717, 1.165) is 23.2 Å². The fourth-order valence-corrected chi connectivity index (χ4v) is 4.27. The number of aryl methyl sites for hydroxylation is 2. The van der Waals surface area contributed by atoms with Crippen LogP contribution in [0.1, 0.15) is 63.5 Å². The summed E-state index contributed by atoms with van der Waals surface area (Å²) in [7, 11) is 0. The molecule has 0 radical (unpaired) electrons. The van der Waals surface area contributed by atoms with E-state index in [0.29, 0.717) is 42.2 Å². The average molecular weight is 449 g/mol. The molecular weight excluding hydrogens is 412 g/mol. The summed E-state index contributed by atoms with van der Waals surface area (Å²) in [5.41, 5.74) is 3.49. The average Bonchev–Trinajstić information content (AvgIpc) is 2.79. The Balaban J connectivity index is 2.09. The molecule has 6 nitrogen and oxygen atoms in total. The van der Waals surface area contributed by atoms with Crippen molar-refractivity contribution in [2.24, 2.45) is 5.92 Å². The highest BCUT2D eigenvalue weighted by Crippen LogP contribution is 2.27. The van der Waals surface area contributed by atoms with Crippen LogP contribution >= 0.6 is 0 Å². The zero-order valence-electron chi connectivity index (χ0n) is 20.7. The highest BCUT2D eigenvalue weighted by molar-refractivity contribution is 5.91. The van der Waals surface area contributed by atoms with Crippen molar-refractivity contribution < 1.29 is 4.79 Å². The molecule has 3 aromatic rings. The number of hydrogen-bond donors (Lipinski definition) is 1. The summed E-state index contributed by atoms with van der Waals surface area (Å²) in [4.78, 5) is 33.6. The van der Waals surface area contributed by atoms with Gasteiger partial charge >= 0.3 is 6.03 Å². The van der Waals surface area contributed by atoms with Crippen molar-refractivity contribution in [3.8, 4) is 0 Å². The van der Waals surface area contributed by atoms with Crippen LogP contribution in [0.15, 0.2) is 47.3 Å². The fraction of sp³-hybridized carbons (Fsp3) is 0.444. The summed E-state index contributed by atoms with van der Waals surface area (Å²) in [5.74, 6) is 1.08. The molecule has 0 spiro atoms. The highest BCUT2D eigenvalue weighted by Gasteiger charge is 2.29. The lowest BCUT2D eigenvalue weighted by Gasteiger charge is -2.33. The molecule has 1 atom stereocenters. The van der Waals surface area contributed by atoms with E-state index >= 15 is 0 Å². The molecule has 33 heavy (non-hydrogen) atoms. The Morgan fingerprint density at radius 3 is 2.33 bits per heavy atom. The number of hydrogen-bond acceptors (Lipinski definition) is 3. The molecule has 0 saturated carbocycles. The lowest BCUT2D eigenvalue weighted by atomic mass is 10.1. The Labute approximate surface area is 196 Å². The monoisotopic (exact) mass is 448 g/mol. The van der Waals surface area contributed by atoms with Crippen molar-refractivity contribution in [3.05, 3.63) is 69.8 Å². The molecule has 1 heterocycles. The Morgan fingerprint density at radius 1 is 1.06 bits per heavy atom. The van der Waals surface area contributed by atoms with Gasteiger partial charge in [-0.1, -0.05) is 51.1 Å². The summed E-state index contributed by atoms with van der Waals surface area (Å²) in [6.45, 7) is 13.4. The number of anilines is 1. The van der Waals surface area contributed by atoms with Crippen LogP contribution < -0.4 is 10.9 Å². The number of benzene rings is 2. The minimum absolute atomic E-state index is 0.0597. The molecule has 1 unspecified atom stereocenters. The van der Waals surface area contributed by atoms with Gasteiger partial charge in [0.25, 0.3) is 5.56 Å². The van der Waals surface area contributed by atoms with Gasteiger partial charge in [-0.2, -0.15) is 0 Å². The molecule has 0 saturated heterocycles. The zero-order chi connectivity index (χ0) is 24.1. The number of nitrogens with zero attached hydrogens (tertiary/aromatic N) is 3. The topological polar surface area (TPSA) is 67.2 Å². The van der Waals surface area contributed by atoms with E-state index in [9.17, 15) is 9.59 Å². The van der Waals surface area contributed by atoms with Crippen LogP contribution in [0.25, 0.3) is 10.9 Å². The number of aromatic nitrogens is 2. The van der Waals surface area contributed by atoms with Crippen LogP contribution in [0.3, 0.4) is 0 Å². The van der Waals surface area contributed by atoms with E-state index in [-0.39, 0.29) is 17.6 Å². The molecule has 0 aliphatic carbocycles. The van der Waals surface area contributed by atoms with E-state index in [2.05, 4.69) is 19.2 Å². The standard InChI is InChI=1S/C27H36N4O2/c1-7-23(25-28-22-15-10-9-14-21(22)26(32)30(25)8-2)31(17-16-18(3)4)27(33)29-24-19(5)12-11-13-20(24)6/h9-15,18,23H,7-8,16-17H2,1-6H3,(H,29,33). The van der Waals surface area contributed by atoms with E-state index in [4.69, 9.17) is 4.98 Å². The van der Waals surface area contributed by atoms with Crippen LogP contribution in [0.4, 0.5) is 10.5 Å². The summed E-state index contributed by atoms with van der Waals surface area (Å²) >= 11 is 0. The third-order valence-electron chi connectivity index (χ3n) is 6.19. The molecule has 3 rings (SSSR count). The van der Waals surface area contributed by atoms with Gasteiger partial charge in [-0.3, -0.25) is 9.36 Å². The Morgan fingerprint density at radius 2 is 1.73 bits per heavy atom. The number of amides is 2. The van der Waals surface area contributed by atoms with Crippen LogP contribution in [0.5, 0.6) is 0 Å². The van der Waals surface area contributed by atoms with Gasteiger partial charge < -0.3 is 10.2 Å². The van der Waals surface area contributed by atoms with Gasteiger partial charge in [-0.05, 0) is 62.8 Å². The molecule has 1 aromatic heterocycles. The number of para-hydroxylation sites is 2. The second-order valence-electron chi connectivity index (χ2n) is 9.03. The predicted molar refractivity (Wildman–Crippen MR) is 136 cm³/mol. The van der Waals surface area contributed by atoms with Crippen molar-refractivity contribution in [1.29, 1.82) is 0 Å². The van der Waals surface area contributed by atoms with Gasteiger partial charge in [0.2, 0.25) is 0 Å². The quantitative estimate of drug-likeness (QED) is 0.455. The maximum absolute atomic E-state index is 13.7. The van der Waals surface area contributed by atoms with Gasteiger partial charge in [0.05, 0.1) is 16.9 Å². The van der Waals surface area contributed by atoms with Crippen molar-refractivity contribution >= 4 is 22.6 Å². The number of urea groups is 1. The first-order valence-corrected chi connectivity index (χ1v) is 11.9. The fourth-order valence-electron chi connectivity index (χ4n) is 4.27. The summed E-state index contributed by atoms with van der Waals surface area (Å²) in [5, 5.41) is 3.75. The van der Waals surface area contributed by atoms with Gasteiger partial charge in [0, 0.05) is 18.8 Å². The Kier molecular flexibility index (Phi) is 7.90. The number of carbonyl (C=O) groups is 1. The third kappa shape index (κ3) is 5.27. The summed E-state index contributed by atoms with van der Waals surface area (Å²) < 4.78 is 1.71. The Bertz CT molecular complexity index is 1160. The van der Waals surface area contributed by atoms with Crippen molar-refractivity contribution in [2.75, 3.05) is 11.9 Å². The number of fused-ring (bicyclic) bond motifs is 1. The second kappa shape index (κ2) is 10.6. The number of rotatable bonds is 8. The molecule has 176 valence electrons. The third-order valence-corrected chi connectivity index (χ3v) is 6.19. The van der Waals surface area contributed by atoms with Gasteiger partial charge in [-0.15, -0.1) is 0 Å². The molecular formula is C27H36N4O2. The molecule has 0 aliphatic rings. The predicted octanol–water partition coefficient (Wildman–Crippen LogP) is 6.06. The van der Waals surface area contributed by atoms with Gasteiger partial charge in [0.1, 0.15) is 5.82 Å². The zero-order valence-corrected chi connectivity index (χ0v) is 20.7. The van der Waals surface area contributed by atoms with Crippen LogP contribution in [0, 0.1) is 19.8 Å². The van der Waals surface area contributed by atoms with Crippen molar-refractivity contribution in [2.45, 2.75) is 67.0 Å². The van der Waals surface area contributed by atoms with Gasteiger partial charge in [-0.25, -0.2) is 9.78 Å². The van der Waals surface area contributed by atoms with E-state index < -0.39 is 0 Å². The molecule has 1 N–H and O–H groups in total. The maximum Gasteiger partial charge on any atom is 0.322 e. The minimum atomic E-state index is -0.315. The first-order chi connectivity index (χ1) is 15.8. The second-order valence-corrected chi connectivity index (χ2v) is 9.03. The number of carbonyl (C=O) groups excluding carboxylic acids is 1.